The van der Waals surface area contributed by atoms with Gasteiger partial charge in [0, 0.05) is 3.57 Å². The van der Waals surface area contributed by atoms with Crippen LogP contribution in [0, 0.1) is 10.5 Å². The lowest BCUT2D eigenvalue weighted by molar-refractivity contribution is 0.483. The van der Waals surface area contributed by atoms with Crippen LogP contribution in [0.1, 0.15) is 5.56 Å². The van der Waals surface area contributed by atoms with Gasteiger partial charge in [0.2, 0.25) is 0 Å². The Balaban J connectivity index is 2.85. The molecule has 0 heterocycles. The maximum absolute atomic E-state index is 11.1. The molecule has 0 radical (unpaired) electrons. The summed E-state index contributed by atoms with van der Waals surface area (Å²) in [4.78, 5) is -0.0602. The molecule has 0 aliphatic heterocycles. The molecular formula is C11H9IO3S. The third-order valence-corrected chi connectivity index (χ3v) is 4.05. The highest BCUT2D eigenvalue weighted by Gasteiger charge is 2.12. The van der Waals surface area contributed by atoms with Crippen molar-refractivity contribution >= 4 is 43.5 Å². The van der Waals surface area contributed by atoms with E-state index < -0.39 is 10.1 Å². The number of halogens is 1. The largest absolute Gasteiger partial charge is 0.294 e. The Morgan fingerprint density at radius 3 is 2.50 bits per heavy atom. The molecule has 0 saturated heterocycles. The summed E-state index contributed by atoms with van der Waals surface area (Å²) in [6.07, 6.45) is 0. The second-order valence-electron chi connectivity index (χ2n) is 3.60. The van der Waals surface area contributed by atoms with Gasteiger partial charge in [-0.25, -0.2) is 0 Å². The summed E-state index contributed by atoms with van der Waals surface area (Å²) >= 11 is 2.06. The van der Waals surface area contributed by atoms with Crippen molar-refractivity contribution in [2.24, 2.45) is 0 Å². The second kappa shape index (κ2) is 3.97. The minimum absolute atomic E-state index is 0.0602. The zero-order valence-electron chi connectivity index (χ0n) is 8.44. The molecule has 0 spiro atoms. The Kier molecular flexibility index (Phi) is 2.93. The molecule has 5 heteroatoms. The molecule has 0 aliphatic carbocycles. The highest BCUT2D eigenvalue weighted by atomic mass is 127. The number of hydrogen-bond donors (Lipinski definition) is 1. The minimum atomic E-state index is -4.13. The van der Waals surface area contributed by atoms with Gasteiger partial charge in [0.15, 0.2) is 0 Å². The van der Waals surface area contributed by atoms with Crippen LogP contribution >= 0.6 is 22.6 Å². The molecule has 84 valence electrons. The Bertz CT molecular complexity index is 662. The van der Waals surface area contributed by atoms with E-state index in [9.17, 15) is 8.42 Å². The maximum atomic E-state index is 11.1. The summed E-state index contributed by atoms with van der Waals surface area (Å²) in [5, 5.41) is 1.80. The quantitative estimate of drug-likeness (QED) is 0.637. The molecule has 2 rings (SSSR count). The van der Waals surface area contributed by atoms with Crippen LogP contribution in [0.4, 0.5) is 0 Å². The average molecular weight is 348 g/mol. The van der Waals surface area contributed by atoms with Crippen molar-refractivity contribution < 1.29 is 13.0 Å². The van der Waals surface area contributed by atoms with Crippen molar-refractivity contribution in [1.29, 1.82) is 0 Å². The van der Waals surface area contributed by atoms with Gasteiger partial charge in [0.25, 0.3) is 10.1 Å². The Morgan fingerprint density at radius 2 is 1.88 bits per heavy atom. The van der Waals surface area contributed by atoms with Gasteiger partial charge in [-0.15, -0.1) is 0 Å². The van der Waals surface area contributed by atoms with Crippen molar-refractivity contribution in [3.63, 3.8) is 0 Å². The summed E-state index contributed by atoms with van der Waals surface area (Å²) in [6, 6.07) is 8.76. The number of rotatable bonds is 1. The summed E-state index contributed by atoms with van der Waals surface area (Å²) in [6.45, 7) is 1.94. The Hall–Kier alpha value is -0.660. The molecule has 0 atom stereocenters. The van der Waals surface area contributed by atoms with Crippen LogP contribution in [-0.4, -0.2) is 13.0 Å². The van der Waals surface area contributed by atoms with Crippen molar-refractivity contribution in [3.05, 3.63) is 39.5 Å². The van der Waals surface area contributed by atoms with Crippen LogP contribution in [0.5, 0.6) is 0 Å². The van der Waals surface area contributed by atoms with Gasteiger partial charge in [-0.3, -0.25) is 4.55 Å². The normalized spacial score (nSPS) is 11.9. The van der Waals surface area contributed by atoms with Crippen LogP contribution < -0.4 is 0 Å². The smallest absolute Gasteiger partial charge is 0.282 e. The van der Waals surface area contributed by atoms with E-state index in [1.54, 1.807) is 0 Å². The number of hydrogen-bond acceptors (Lipinski definition) is 2. The van der Waals surface area contributed by atoms with Gasteiger partial charge in [-0.05, 0) is 52.4 Å². The first kappa shape index (κ1) is 11.8. The molecule has 2 aromatic carbocycles. The monoisotopic (exact) mass is 348 g/mol. The number of aryl methyl sites for hydroxylation is 1. The molecule has 0 saturated carbocycles. The molecule has 2 aromatic rings. The third kappa shape index (κ3) is 2.21. The molecule has 3 nitrogen and oxygen atoms in total. The second-order valence-corrected chi connectivity index (χ2v) is 6.19. The highest BCUT2D eigenvalue weighted by Crippen LogP contribution is 2.25. The Morgan fingerprint density at radius 1 is 1.19 bits per heavy atom. The van der Waals surface area contributed by atoms with Crippen molar-refractivity contribution in [2.75, 3.05) is 0 Å². The third-order valence-electron chi connectivity index (χ3n) is 2.33. The number of fused-ring (bicyclic) bond motifs is 1. The number of benzene rings is 2. The van der Waals surface area contributed by atoms with Gasteiger partial charge >= 0.3 is 0 Å². The molecule has 0 amide bonds. The van der Waals surface area contributed by atoms with Crippen LogP contribution in [-0.2, 0) is 10.1 Å². The predicted molar refractivity (Wildman–Crippen MR) is 71.2 cm³/mol. The van der Waals surface area contributed by atoms with Gasteiger partial charge in [0.05, 0.1) is 4.90 Å². The fourth-order valence-corrected chi connectivity index (χ4v) is 3.15. The van der Waals surface area contributed by atoms with E-state index in [1.807, 2.05) is 25.1 Å². The first-order valence-electron chi connectivity index (χ1n) is 4.55. The topological polar surface area (TPSA) is 54.4 Å². The van der Waals surface area contributed by atoms with Gasteiger partial charge < -0.3 is 0 Å². The summed E-state index contributed by atoms with van der Waals surface area (Å²) in [5.41, 5.74) is 1.05. The highest BCUT2D eigenvalue weighted by molar-refractivity contribution is 14.1. The van der Waals surface area contributed by atoms with E-state index in [0.717, 1.165) is 19.9 Å². The first-order valence-corrected chi connectivity index (χ1v) is 7.07. The van der Waals surface area contributed by atoms with Crippen LogP contribution in [0.15, 0.2) is 35.2 Å². The summed E-state index contributed by atoms with van der Waals surface area (Å²) in [7, 11) is -4.13. The van der Waals surface area contributed by atoms with Crippen LogP contribution in [0.2, 0.25) is 0 Å². The van der Waals surface area contributed by atoms with E-state index in [0.29, 0.717) is 0 Å². The molecule has 0 bridgehead atoms. The molecule has 0 aromatic heterocycles. The average Bonchev–Trinajstić information content (AvgIpc) is 2.15. The van der Waals surface area contributed by atoms with E-state index >= 15 is 0 Å². The van der Waals surface area contributed by atoms with Crippen LogP contribution in [0.25, 0.3) is 10.8 Å². The molecule has 0 aliphatic rings. The van der Waals surface area contributed by atoms with Crippen molar-refractivity contribution in [1.82, 2.24) is 0 Å². The maximum Gasteiger partial charge on any atom is 0.294 e. The van der Waals surface area contributed by atoms with Gasteiger partial charge in [-0.2, -0.15) is 8.42 Å². The zero-order valence-corrected chi connectivity index (χ0v) is 11.4. The van der Waals surface area contributed by atoms with E-state index in [2.05, 4.69) is 22.6 Å². The zero-order chi connectivity index (χ0) is 11.9. The lowest BCUT2D eigenvalue weighted by Gasteiger charge is -2.05. The lowest BCUT2D eigenvalue weighted by atomic mass is 10.1. The van der Waals surface area contributed by atoms with E-state index in [4.69, 9.17) is 4.55 Å². The fraction of sp³-hybridized carbons (Fsp3) is 0.0909. The minimum Gasteiger partial charge on any atom is -0.282 e. The molecule has 0 unspecified atom stereocenters. The standard InChI is InChI=1S/C11H9IO3S/c1-7-2-3-10-8(4-7)5-9(6-11(10)12)16(13,14)15/h2-6H,1H3,(H,13,14,15). The van der Waals surface area contributed by atoms with Crippen LogP contribution in [0.3, 0.4) is 0 Å². The summed E-state index contributed by atoms with van der Waals surface area (Å²) in [5.74, 6) is 0. The van der Waals surface area contributed by atoms with Gasteiger partial charge in [0.1, 0.15) is 0 Å². The lowest BCUT2D eigenvalue weighted by Crippen LogP contribution is -1.98. The molecular weight excluding hydrogens is 339 g/mol. The first-order chi connectivity index (χ1) is 7.38. The molecule has 0 fully saturated rings. The van der Waals surface area contributed by atoms with Gasteiger partial charge in [-0.1, -0.05) is 23.8 Å². The SMILES string of the molecule is Cc1ccc2c(I)cc(S(=O)(=O)O)cc2c1. The molecule has 16 heavy (non-hydrogen) atoms. The Labute approximate surface area is 107 Å². The fourth-order valence-electron chi connectivity index (χ4n) is 1.57. The van der Waals surface area contributed by atoms with E-state index in [1.165, 1.54) is 12.1 Å². The summed E-state index contributed by atoms with van der Waals surface area (Å²) < 4.78 is 32.0. The van der Waals surface area contributed by atoms with E-state index in [-0.39, 0.29) is 4.90 Å². The molecule has 1 N–H and O–H groups in total. The van der Waals surface area contributed by atoms with Crippen molar-refractivity contribution in [2.45, 2.75) is 11.8 Å². The predicted octanol–water partition coefficient (Wildman–Crippen LogP) is 3.00. The van der Waals surface area contributed by atoms with Crippen molar-refractivity contribution in [3.8, 4) is 0 Å².